The van der Waals surface area contributed by atoms with Crippen LogP contribution in [-0.4, -0.2) is 16.3 Å². The molecular weight excluding hydrogens is 324 g/mol. The molecule has 0 saturated heterocycles. The van der Waals surface area contributed by atoms with Crippen molar-refractivity contribution in [3.63, 3.8) is 0 Å². The smallest absolute Gasteiger partial charge is 0.296 e. The van der Waals surface area contributed by atoms with Crippen LogP contribution >= 0.6 is 0 Å². The maximum absolute atomic E-state index is 12.6. The summed E-state index contributed by atoms with van der Waals surface area (Å²) in [7, 11) is 0. The van der Waals surface area contributed by atoms with Crippen molar-refractivity contribution in [2.24, 2.45) is 0 Å². The maximum atomic E-state index is 12.6. The van der Waals surface area contributed by atoms with Gasteiger partial charge in [0.1, 0.15) is 0 Å². The molecule has 0 spiro atoms. The van der Waals surface area contributed by atoms with E-state index in [1.54, 1.807) is 18.2 Å². The summed E-state index contributed by atoms with van der Waals surface area (Å²) >= 11 is 0. The predicted octanol–water partition coefficient (Wildman–Crippen LogP) is 4.64. The second-order valence-corrected chi connectivity index (χ2v) is 6.14. The number of ketones is 1. The highest BCUT2D eigenvalue weighted by Gasteiger charge is 2.18. The number of para-hydroxylation sites is 2. The summed E-state index contributed by atoms with van der Waals surface area (Å²) in [6.07, 6.45) is 0. The molecule has 0 saturated carbocycles. The Morgan fingerprint density at radius 3 is 2.31 bits per heavy atom. The third-order valence-corrected chi connectivity index (χ3v) is 4.59. The fourth-order valence-electron chi connectivity index (χ4n) is 3.38. The van der Waals surface area contributed by atoms with Crippen LogP contribution < -0.4 is 5.32 Å². The number of carbonyl (C=O) groups excluding carboxylic acids is 2. The Morgan fingerprint density at radius 2 is 1.54 bits per heavy atom. The number of fused-ring (bicyclic) bond motifs is 3. The van der Waals surface area contributed by atoms with Crippen LogP contribution in [0.2, 0.25) is 0 Å². The minimum atomic E-state index is -0.630. The van der Waals surface area contributed by atoms with Gasteiger partial charge in [-0.25, -0.2) is 0 Å². The Labute approximate surface area is 151 Å². The third-order valence-electron chi connectivity index (χ3n) is 4.59. The number of nitrogens with zero attached hydrogens (tertiary/aromatic N) is 1. The molecule has 0 radical (unpaired) electrons. The highest BCUT2D eigenvalue weighted by atomic mass is 16.2. The van der Waals surface area contributed by atoms with E-state index in [9.17, 15) is 9.59 Å². The van der Waals surface area contributed by atoms with Gasteiger partial charge in [0.15, 0.2) is 0 Å². The predicted molar refractivity (Wildman–Crippen MR) is 105 cm³/mol. The van der Waals surface area contributed by atoms with Gasteiger partial charge in [-0.05, 0) is 43.3 Å². The van der Waals surface area contributed by atoms with Crippen molar-refractivity contribution < 1.29 is 9.59 Å². The second kappa shape index (κ2) is 6.48. The summed E-state index contributed by atoms with van der Waals surface area (Å²) in [6.45, 7) is 2.93. The summed E-state index contributed by atoms with van der Waals surface area (Å²) in [5.74, 6) is -1.17. The SMILES string of the molecule is CCn1c2ccccc2c2cc(C(=O)C(=O)Nc3ccccc3)ccc21. The summed E-state index contributed by atoms with van der Waals surface area (Å²) in [4.78, 5) is 24.9. The van der Waals surface area contributed by atoms with Gasteiger partial charge in [0.05, 0.1) is 0 Å². The Morgan fingerprint density at radius 1 is 0.846 bits per heavy atom. The quantitative estimate of drug-likeness (QED) is 0.434. The number of rotatable bonds is 4. The van der Waals surface area contributed by atoms with E-state index in [1.807, 2.05) is 48.5 Å². The largest absolute Gasteiger partial charge is 0.341 e. The van der Waals surface area contributed by atoms with Gasteiger partial charge in [-0.1, -0.05) is 36.4 Å². The molecule has 4 heteroatoms. The van der Waals surface area contributed by atoms with Gasteiger partial charge in [0, 0.05) is 39.6 Å². The molecule has 0 atom stereocenters. The van der Waals surface area contributed by atoms with Gasteiger partial charge >= 0.3 is 0 Å². The van der Waals surface area contributed by atoms with Gasteiger partial charge < -0.3 is 9.88 Å². The zero-order valence-electron chi connectivity index (χ0n) is 14.4. The van der Waals surface area contributed by atoms with Gasteiger partial charge in [-0.3, -0.25) is 9.59 Å². The number of amides is 1. The van der Waals surface area contributed by atoms with Crippen molar-refractivity contribution in [1.29, 1.82) is 0 Å². The lowest BCUT2D eigenvalue weighted by Crippen LogP contribution is -2.22. The number of hydrogen-bond acceptors (Lipinski definition) is 2. The molecule has 0 unspecified atom stereocenters. The zero-order valence-corrected chi connectivity index (χ0v) is 14.4. The first-order valence-corrected chi connectivity index (χ1v) is 8.60. The summed E-state index contributed by atoms with van der Waals surface area (Å²) in [5, 5.41) is 4.72. The second-order valence-electron chi connectivity index (χ2n) is 6.14. The molecule has 0 bridgehead atoms. The van der Waals surface area contributed by atoms with E-state index in [0.29, 0.717) is 11.3 Å². The molecule has 26 heavy (non-hydrogen) atoms. The Balaban J connectivity index is 1.74. The lowest BCUT2D eigenvalue weighted by atomic mass is 10.1. The van der Waals surface area contributed by atoms with Crippen LogP contribution in [0.5, 0.6) is 0 Å². The monoisotopic (exact) mass is 342 g/mol. The van der Waals surface area contributed by atoms with Crippen LogP contribution in [-0.2, 0) is 11.3 Å². The Bertz CT molecular complexity index is 1130. The standard InChI is InChI=1S/C22H18N2O2/c1-2-24-19-11-7-6-10-17(19)18-14-15(12-13-20(18)24)21(25)22(26)23-16-8-4-3-5-9-16/h3-14H,2H2,1H3,(H,23,26). The van der Waals surface area contributed by atoms with Crippen molar-refractivity contribution in [1.82, 2.24) is 4.57 Å². The van der Waals surface area contributed by atoms with E-state index < -0.39 is 11.7 Å². The van der Waals surface area contributed by atoms with Gasteiger partial charge in [0.25, 0.3) is 11.7 Å². The molecule has 0 aliphatic carbocycles. The first kappa shape index (κ1) is 16.1. The molecule has 0 aliphatic rings. The summed E-state index contributed by atoms with van der Waals surface area (Å²) in [6, 6.07) is 22.5. The number of hydrogen-bond donors (Lipinski definition) is 1. The van der Waals surface area contributed by atoms with Crippen molar-refractivity contribution in [3.05, 3.63) is 78.4 Å². The van der Waals surface area contributed by atoms with E-state index in [0.717, 1.165) is 28.4 Å². The lowest BCUT2D eigenvalue weighted by Gasteiger charge is -2.05. The molecule has 4 rings (SSSR count). The van der Waals surface area contributed by atoms with Crippen LogP contribution in [0.15, 0.2) is 72.8 Å². The minimum Gasteiger partial charge on any atom is -0.341 e. The molecule has 0 fully saturated rings. The summed E-state index contributed by atoms with van der Waals surface area (Å²) in [5.41, 5.74) is 3.19. The van der Waals surface area contributed by atoms with E-state index in [2.05, 4.69) is 22.9 Å². The molecule has 1 amide bonds. The Hall–Kier alpha value is -3.40. The summed E-state index contributed by atoms with van der Waals surface area (Å²) < 4.78 is 2.21. The fraction of sp³-hybridized carbons (Fsp3) is 0.0909. The number of aromatic nitrogens is 1. The lowest BCUT2D eigenvalue weighted by molar-refractivity contribution is -0.112. The van der Waals surface area contributed by atoms with Crippen molar-refractivity contribution in [2.45, 2.75) is 13.5 Å². The zero-order chi connectivity index (χ0) is 18.1. The number of benzene rings is 3. The van der Waals surface area contributed by atoms with Crippen LogP contribution in [0.1, 0.15) is 17.3 Å². The molecule has 3 aromatic carbocycles. The fourth-order valence-corrected chi connectivity index (χ4v) is 3.38. The minimum absolute atomic E-state index is 0.393. The molecule has 128 valence electrons. The van der Waals surface area contributed by atoms with Gasteiger partial charge in [-0.15, -0.1) is 0 Å². The van der Waals surface area contributed by atoms with E-state index in [-0.39, 0.29) is 0 Å². The Kier molecular flexibility index (Phi) is 4.01. The number of anilines is 1. The van der Waals surface area contributed by atoms with Crippen molar-refractivity contribution in [2.75, 3.05) is 5.32 Å². The molecular formula is C22H18N2O2. The average molecular weight is 342 g/mol. The molecule has 4 nitrogen and oxygen atoms in total. The van der Waals surface area contributed by atoms with Crippen LogP contribution in [0.25, 0.3) is 21.8 Å². The van der Waals surface area contributed by atoms with E-state index in [4.69, 9.17) is 0 Å². The van der Waals surface area contributed by atoms with Crippen LogP contribution in [0, 0.1) is 0 Å². The van der Waals surface area contributed by atoms with Crippen LogP contribution in [0.3, 0.4) is 0 Å². The topological polar surface area (TPSA) is 51.1 Å². The highest BCUT2D eigenvalue weighted by molar-refractivity contribution is 6.46. The maximum Gasteiger partial charge on any atom is 0.296 e. The van der Waals surface area contributed by atoms with E-state index in [1.165, 1.54) is 0 Å². The molecule has 1 heterocycles. The van der Waals surface area contributed by atoms with Crippen molar-refractivity contribution in [3.8, 4) is 0 Å². The number of nitrogens with one attached hydrogen (secondary N) is 1. The molecule has 1 aromatic heterocycles. The first-order chi connectivity index (χ1) is 12.7. The van der Waals surface area contributed by atoms with E-state index >= 15 is 0 Å². The van der Waals surface area contributed by atoms with Crippen molar-refractivity contribution >= 4 is 39.2 Å². The van der Waals surface area contributed by atoms with Gasteiger partial charge in [0.2, 0.25) is 0 Å². The number of carbonyl (C=O) groups is 2. The van der Waals surface area contributed by atoms with Gasteiger partial charge in [-0.2, -0.15) is 0 Å². The third kappa shape index (κ3) is 2.65. The molecule has 1 N–H and O–H groups in total. The molecule has 4 aromatic rings. The number of aryl methyl sites for hydroxylation is 1. The van der Waals surface area contributed by atoms with Crippen LogP contribution in [0.4, 0.5) is 5.69 Å². The highest BCUT2D eigenvalue weighted by Crippen LogP contribution is 2.29. The normalized spacial score (nSPS) is 11.0. The first-order valence-electron chi connectivity index (χ1n) is 8.60. The number of Topliss-reactive ketones (excluding diaryl/α,β-unsaturated/α-hetero) is 1. The molecule has 0 aliphatic heterocycles. The average Bonchev–Trinajstić information content (AvgIpc) is 3.01.